The number of rotatable bonds is 13. The fraction of sp³-hybridized carbons (Fsp3) is 0.333. The Morgan fingerprint density at radius 1 is 0.897 bits per heavy atom. The van der Waals surface area contributed by atoms with Gasteiger partial charge < -0.3 is 15.0 Å². The Balaban J connectivity index is 2.04. The van der Waals surface area contributed by atoms with E-state index in [2.05, 4.69) is 5.32 Å². The zero-order chi connectivity index (χ0) is 28.4. The highest BCUT2D eigenvalue weighted by atomic mass is 32.2. The van der Waals surface area contributed by atoms with E-state index in [4.69, 9.17) is 4.74 Å². The Morgan fingerprint density at radius 2 is 1.56 bits per heavy atom. The summed E-state index contributed by atoms with van der Waals surface area (Å²) in [7, 11) is -2.24. The number of carbonyl (C=O) groups excluding carboxylic acids is 2. The molecule has 0 saturated carbocycles. The minimum absolute atomic E-state index is 0.0943. The summed E-state index contributed by atoms with van der Waals surface area (Å²) in [5.74, 6) is -0.183. The Hall–Kier alpha value is -3.85. The van der Waals surface area contributed by atoms with Crippen molar-refractivity contribution >= 4 is 27.5 Å². The molecule has 0 aliphatic heterocycles. The molecular weight excluding hydrogens is 514 g/mol. The second-order valence-corrected chi connectivity index (χ2v) is 11.2. The second-order valence-electron chi connectivity index (χ2n) is 9.26. The van der Waals surface area contributed by atoms with Crippen LogP contribution >= 0.6 is 0 Å². The summed E-state index contributed by atoms with van der Waals surface area (Å²) in [5, 5.41) is 2.85. The molecule has 0 unspecified atom stereocenters. The predicted molar refractivity (Wildman–Crippen MR) is 154 cm³/mol. The Morgan fingerprint density at radius 3 is 2.15 bits per heavy atom. The lowest BCUT2D eigenvalue weighted by molar-refractivity contribution is -0.140. The van der Waals surface area contributed by atoms with E-state index >= 15 is 0 Å². The van der Waals surface area contributed by atoms with E-state index in [1.54, 1.807) is 31.4 Å². The number of ether oxygens (including phenoxy) is 1. The van der Waals surface area contributed by atoms with E-state index in [1.807, 2.05) is 68.4 Å². The minimum Gasteiger partial charge on any atom is -0.497 e. The third kappa shape index (κ3) is 8.32. The van der Waals surface area contributed by atoms with Crippen LogP contribution in [0.5, 0.6) is 5.75 Å². The van der Waals surface area contributed by atoms with Crippen molar-refractivity contribution in [3.8, 4) is 5.75 Å². The topological polar surface area (TPSA) is 96.0 Å². The smallest absolute Gasteiger partial charge is 0.244 e. The van der Waals surface area contributed by atoms with Gasteiger partial charge in [0.2, 0.25) is 21.8 Å². The first-order chi connectivity index (χ1) is 18.7. The molecule has 2 amide bonds. The zero-order valence-electron chi connectivity index (χ0n) is 23.0. The molecule has 3 rings (SSSR count). The minimum atomic E-state index is -3.80. The van der Waals surface area contributed by atoms with E-state index in [0.717, 1.165) is 33.7 Å². The van der Waals surface area contributed by atoms with Crippen LogP contribution in [0, 0.1) is 0 Å². The number of hydrogen-bond acceptors (Lipinski definition) is 5. The van der Waals surface area contributed by atoms with Gasteiger partial charge in [-0.1, -0.05) is 61.5 Å². The van der Waals surface area contributed by atoms with Gasteiger partial charge in [0.25, 0.3) is 0 Å². The lowest BCUT2D eigenvalue weighted by Crippen LogP contribution is -2.53. The molecule has 0 aliphatic rings. The van der Waals surface area contributed by atoms with Crippen molar-refractivity contribution < 1.29 is 22.7 Å². The zero-order valence-corrected chi connectivity index (χ0v) is 23.8. The van der Waals surface area contributed by atoms with Crippen LogP contribution in [-0.4, -0.2) is 57.6 Å². The molecule has 0 saturated heterocycles. The van der Waals surface area contributed by atoms with Crippen molar-refractivity contribution in [2.75, 3.05) is 30.8 Å². The monoisotopic (exact) mass is 551 g/mol. The third-order valence-corrected chi connectivity index (χ3v) is 7.56. The Labute approximate surface area is 231 Å². The second kappa shape index (κ2) is 13.8. The van der Waals surface area contributed by atoms with Crippen molar-refractivity contribution in [3.63, 3.8) is 0 Å². The lowest BCUT2D eigenvalue weighted by Gasteiger charge is -2.33. The molecule has 1 N–H and O–H groups in total. The number of sulfonamides is 1. The largest absolute Gasteiger partial charge is 0.497 e. The molecule has 0 radical (unpaired) electrons. The molecule has 9 heteroatoms. The van der Waals surface area contributed by atoms with E-state index < -0.39 is 28.5 Å². The van der Waals surface area contributed by atoms with Crippen molar-refractivity contribution in [2.45, 2.75) is 39.3 Å². The normalized spacial score (nSPS) is 11.9. The summed E-state index contributed by atoms with van der Waals surface area (Å²) in [6.45, 7) is 3.87. The van der Waals surface area contributed by atoms with Crippen molar-refractivity contribution in [3.05, 3.63) is 95.6 Å². The van der Waals surface area contributed by atoms with Crippen LogP contribution in [0.25, 0.3) is 0 Å². The average Bonchev–Trinajstić information content (AvgIpc) is 2.93. The lowest BCUT2D eigenvalue weighted by atomic mass is 10.0. The number of aryl methyl sites for hydroxylation is 1. The highest BCUT2D eigenvalue weighted by Crippen LogP contribution is 2.22. The van der Waals surface area contributed by atoms with Crippen LogP contribution in [0.1, 0.15) is 30.5 Å². The summed E-state index contributed by atoms with van der Waals surface area (Å²) in [4.78, 5) is 28.8. The first kappa shape index (κ1) is 29.7. The Bertz CT molecular complexity index is 1340. The van der Waals surface area contributed by atoms with Gasteiger partial charge in [0.05, 0.1) is 19.1 Å². The molecule has 0 aromatic heterocycles. The van der Waals surface area contributed by atoms with Crippen LogP contribution in [0.15, 0.2) is 78.9 Å². The molecular formula is C30H37N3O5S. The van der Waals surface area contributed by atoms with Crippen LogP contribution in [0.3, 0.4) is 0 Å². The molecule has 0 fully saturated rings. The fourth-order valence-corrected chi connectivity index (χ4v) is 5.17. The van der Waals surface area contributed by atoms with Gasteiger partial charge in [-0.2, -0.15) is 0 Å². The summed E-state index contributed by atoms with van der Waals surface area (Å²) in [6, 6.07) is 22.9. The molecule has 1 atom stereocenters. The summed E-state index contributed by atoms with van der Waals surface area (Å²) >= 11 is 0. The number of nitrogens with one attached hydrogen (secondary N) is 1. The van der Waals surface area contributed by atoms with Gasteiger partial charge in [-0.05, 0) is 54.3 Å². The third-order valence-electron chi connectivity index (χ3n) is 6.42. The average molecular weight is 552 g/mol. The first-order valence-corrected chi connectivity index (χ1v) is 14.8. The van der Waals surface area contributed by atoms with Crippen LogP contribution in [0.2, 0.25) is 0 Å². The fourth-order valence-electron chi connectivity index (χ4n) is 4.33. The number of anilines is 1. The quantitative estimate of drug-likeness (QED) is 0.349. The number of likely N-dealkylation sites (N-methyl/N-ethyl adjacent to an activating group) is 1. The van der Waals surface area contributed by atoms with Crippen LogP contribution in [-0.2, 0) is 39.0 Å². The maximum absolute atomic E-state index is 14.0. The van der Waals surface area contributed by atoms with E-state index in [0.29, 0.717) is 18.0 Å². The maximum atomic E-state index is 14.0. The molecule has 3 aromatic carbocycles. The number of benzene rings is 3. The van der Waals surface area contributed by atoms with E-state index in [9.17, 15) is 18.0 Å². The van der Waals surface area contributed by atoms with E-state index in [1.165, 1.54) is 4.90 Å². The molecule has 0 bridgehead atoms. The number of carbonyl (C=O) groups is 2. The summed E-state index contributed by atoms with van der Waals surface area (Å²) < 4.78 is 32.1. The number of hydrogen-bond donors (Lipinski definition) is 1. The highest BCUT2D eigenvalue weighted by Gasteiger charge is 2.32. The van der Waals surface area contributed by atoms with Gasteiger partial charge in [0, 0.05) is 19.5 Å². The highest BCUT2D eigenvalue weighted by molar-refractivity contribution is 7.92. The summed E-state index contributed by atoms with van der Waals surface area (Å²) in [6.07, 6.45) is 2.15. The van der Waals surface area contributed by atoms with Gasteiger partial charge in [-0.25, -0.2) is 8.42 Å². The molecule has 0 heterocycles. The van der Waals surface area contributed by atoms with Crippen LogP contribution < -0.4 is 14.4 Å². The van der Waals surface area contributed by atoms with Gasteiger partial charge in [0.1, 0.15) is 18.3 Å². The molecule has 208 valence electrons. The molecule has 0 spiro atoms. The number of methoxy groups -OCH3 is 1. The summed E-state index contributed by atoms with van der Waals surface area (Å²) in [5.41, 5.74) is 3.08. The molecule has 3 aromatic rings. The van der Waals surface area contributed by atoms with E-state index in [-0.39, 0.29) is 18.9 Å². The molecule has 8 nitrogen and oxygen atoms in total. The first-order valence-electron chi connectivity index (χ1n) is 13.0. The number of nitrogens with zero attached hydrogens (tertiary/aromatic N) is 2. The van der Waals surface area contributed by atoms with Gasteiger partial charge in [-0.3, -0.25) is 13.9 Å². The van der Waals surface area contributed by atoms with Crippen LogP contribution in [0.4, 0.5) is 5.69 Å². The van der Waals surface area contributed by atoms with Crippen molar-refractivity contribution in [2.24, 2.45) is 0 Å². The van der Waals surface area contributed by atoms with Crippen molar-refractivity contribution in [1.82, 2.24) is 10.2 Å². The molecule has 39 heavy (non-hydrogen) atoms. The van der Waals surface area contributed by atoms with Gasteiger partial charge in [0.15, 0.2) is 0 Å². The Kier molecular flexibility index (Phi) is 10.5. The molecule has 0 aliphatic carbocycles. The predicted octanol–water partition coefficient (Wildman–Crippen LogP) is 3.80. The SMILES string of the molecule is CCNC(=O)[C@@H](Cc1ccccc1)N(Cc1cccc(OC)c1)C(=O)CN(c1ccc(CC)cc1)S(C)(=O)=O. The van der Waals surface area contributed by atoms with Crippen molar-refractivity contribution in [1.29, 1.82) is 0 Å². The van der Waals surface area contributed by atoms with Gasteiger partial charge in [-0.15, -0.1) is 0 Å². The maximum Gasteiger partial charge on any atom is 0.244 e. The van der Waals surface area contributed by atoms with Gasteiger partial charge >= 0.3 is 0 Å². The number of amides is 2. The standard InChI is InChI=1S/C30H37N3O5S/c1-5-23-15-17-26(18-16-23)33(39(4,36)37)22-29(34)32(21-25-13-10-14-27(19-25)38-3)28(30(35)31-6-2)20-24-11-8-7-9-12-24/h7-19,28H,5-6,20-22H2,1-4H3,(H,31,35)/t28-/m1/s1.